The maximum atomic E-state index is 11.7. The Hall–Kier alpha value is -0.610. The normalized spacial score (nSPS) is 15.1. The van der Waals surface area contributed by atoms with Gasteiger partial charge in [-0.1, -0.05) is 27.7 Å². The minimum absolute atomic E-state index is 0.0678. The lowest BCUT2D eigenvalue weighted by Gasteiger charge is -2.22. The van der Waals surface area contributed by atoms with E-state index in [0.29, 0.717) is 24.3 Å². The average molecular weight is 243 g/mol. The molecule has 2 atom stereocenters. The molecule has 2 unspecified atom stereocenters. The largest absolute Gasteiger partial charge is 0.354 e. The van der Waals surface area contributed by atoms with Crippen molar-refractivity contribution in [3.05, 3.63) is 0 Å². The van der Waals surface area contributed by atoms with Crippen LogP contribution in [0.1, 0.15) is 34.6 Å². The number of hydrogen-bond donors (Lipinski definition) is 3. The van der Waals surface area contributed by atoms with Gasteiger partial charge in [-0.2, -0.15) is 0 Å². The van der Waals surface area contributed by atoms with Crippen molar-refractivity contribution in [2.45, 2.75) is 40.7 Å². The molecule has 0 saturated heterocycles. The summed E-state index contributed by atoms with van der Waals surface area (Å²) >= 11 is 0. The Labute approximate surface area is 106 Å². The number of carbonyl (C=O) groups excluding carboxylic acids is 1. The second-order valence-corrected chi connectivity index (χ2v) is 5.51. The Kier molecular flexibility index (Phi) is 8.17. The van der Waals surface area contributed by atoms with Gasteiger partial charge in [-0.15, -0.1) is 0 Å². The molecular weight excluding hydrogens is 214 g/mol. The van der Waals surface area contributed by atoms with E-state index in [4.69, 9.17) is 5.73 Å². The fourth-order valence-electron chi connectivity index (χ4n) is 1.47. The van der Waals surface area contributed by atoms with Gasteiger partial charge in [0.05, 0.1) is 6.04 Å². The van der Waals surface area contributed by atoms with Crippen LogP contribution in [0.25, 0.3) is 0 Å². The highest BCUT2D eigenvalue weighted by Crippen LogP contribution is 2.07. The fraction of sp³-hybridized carbons (Fsp3) is 0.923. The van der Waals surface area contributed by atoms with E-state index in [0.717, 1.165) is 13.1 Å². The maximum absolute atomic E-state index is 11.7. The summed E-state index contributed by atoms with van der Waals surface area (Å²) in [6, 6.07) is -0.151. The molecule has 0 aromatic rings. The quantitative estimate of drug-likeness (QED) is 0.595. The van der Waals surface area contributed by atoms with E-state index in [2.05, 4.69) is 38.3 Å². The summed E-state index contributed by atoms with van der Waals surface area (Å²) in [4.78, 5) is 11.7. The van der Waals surface area contributed by atoms with Crippen molar-refractivity contribution in [2.75, 3.05) is 19.6 Å². The van der Waals surface area contributed by atoms with Gasteiger partial charge in [-0.05, 0) is 31.2 Å². The lowest BCUT2D eigenvalue weighted by atomic mass is 9.96. The Balaban J connectivity index is 3.91. The SMILES string of the molecule is CC(C)CNC(=O)C(C)NCC(CN)C(C)C. The van der Waals surface area contributed by atoms with Gasteiger partial charge < -0.3 is 16.4 Å². The van der Waals surface area contributed by atoms with Crippen molar-refractivity contribution in [1.29, 1.82) is 0 Å². The molecule has 0 radical (unpaired) electrons. The summed E-state index contributed by atoms with van der Waals surface area (Å²) in [5.74, 6) is 1.52. The third kappa shape index (κ3) is 7.34. The van der Waals surface area contributed by atoms with E-state index in [1.165, 1.54) is 0 Å². The molecule has 0 aromatic carbocycles. The number of carbonyl (C=O) groups is 1. The lowest BCUT2D eigenvalue weighted by Crippen LogP contribution is -2.46. The second kappa shape index (κ2) is 8.48. The lowest BCUT2D eigenvalue weighted by molar-refractivity contribution is -0.122. The molecule has 17 heavy (non-hydrogen) atoms. The molecule has 4 nitrogen and oxygen atoms in total. The van der Waals surface area contributed by atoms with Crippen LogP contribution in [-0.2, 0) is 4.79 Å². The first-order chi connectivity index (χ1) is 7.88. The van der Waals surface area contributed by atoms with Crippen molar-refractivity contribution in [1.82, 2.24) is 10.6 Å². The number of nitrogens with two attached hydrogens (primary N) is 1. The highest BCUT2D eigenvalue weighted by Gasteiger charge is 2.16. The fourth-order valence-corrected chi connectivity index (χ4v) is 1.47. The molecule has 1 amide bonds. The van der Waals surface area contributed by atoms with Gasteiger partial charge in [0.1, 0.15) is 0 Å². The van der Waals surface area contributed by atoms with Crippen LogP contribution < -0.4 is 16.4 Å². The molecule has 0 aliphatic rings. The molecule has 102 valence electrons. The standard InChI is InChI=1S/C13H29N3O/c1-9(2)7-16-13(17)11(5)15-8-12(6-14)10(3)4/h9-12,15H,6-8,14H2,1-5H3,(H,16,17). The van der Waals surface area contributed by atoms with Gasteiger partial charge >= 0.3 is 0 Å². The monoisotopic (exact) mass is 243 g/mol. The number of nitrogens with one attached hydrogen (secondary N) is 2. The molecule has 4 N–H and O–H groups in total. The maximum Gasteiger partial charge on any atom is 0.236 e. The molecule has 0 aliphatic carbocycles. The molecule has 0 rings (SSSR count). The number of amides is 1. The van der Waals surface area contributed by atoms with Gasteiger partial charge in [0.15, 0.2) is 0 Å². The van der Waals surface area contributed by atoms with Crippen molar-refractivity contribution in [2.24, 2.45) is 23.5 Å². The zero-order valence-corrected chi connectivity index (χ0v) is 11.9. The third-order valence-electron chi connectivity index (χ3n) is 3.01. The topological polar surface area (TPSA) is 67.2 Å². The van der Waals surface area contributed by atoms with Crippen LogP contribution in [0.5, 0.6) is 0 Å². The van der Waals surface area contributed by atoms with Crippen LogP contribution >= 0.6 is 0 Å². The second-order valence-electron chi connectivity index (χ2n) is 5.51. The van der Waals surface area contributed by atoms with Crippen LogP contribution in [0.2, 0.25) is 0 Å². The van der Waals surface area contributed by atoms with Crippen LogP contribution in [0.15, 0.2) is 0 Å². The van der Waals surface area contributed by atoms with E-state index in [1.54, 1.807) is 0 Å². The molecule has 0 aliphatic heterocycles. The van der Waals surface area contributed by atoms with Gasteiger partial charge in [0, 0.05) is 13.1 Å². The number of hydrogen-bond acceptors (Lipinski definition) is 3. The van der Waals surface area contributed by atoms with E-state index >= 15 is 0 Å². The first kappa shape index (κ1) is 16.4. The van der Waals surface area contributed by atoms with Gasteiger partial charge in [-0.3, -0.25) is 4.79 Å². The average Bonchev–Trinajstić information content (AvgIpc) is 2.25. The molecule has 4 heteroatoms. The van der Waals surface area contributed by atoms with Crippen molar-refractivity contribution >= 4 is 5.91 Å². The summed E-state index contributed by atoms with van der Waals surface area (Å²) in [6.07, 6.45) is 0. The van der Waals surface area contributed by atoms with Gasteiger partial charge in [0.25, 0.3) is 0 Å². The Morgan fingerprint density at radius 1 is 1.12 bits per heavy atom. The summed E-state index contributed by atoms with van der Waals surface area (Å²) in [5, 5.41) is 6.17. The van der Waals surface area contributed by atoms with Gasteiger partial charge in [0.2, 0.25) is 5.91 Å². The summed E-state index contributed by atoms with van der Waals surface area (Å²) in [5.41, 5.74) is 5.69. The zero-order chi connectivity index (χ0) is 13.4. The van der Waals surface area contributed by atoms with Crippen LogP contribution in [0, 0.1) is 17.8 Å². The number of rotatable bonds is 8. The van der Waals surface area contributed by atoms with Crippen molar-refractivity contribution in [3.8, 4) is 0 Å². The Morgan fingerprint density at radius 2 is 1.71 bits per heavy atom. The first-order valence-corrected chi connectivity index (χ1v) is 6.59. The highest BCUT2D eigenvalue weighted by molar-refractivity contribution is 5.81. The molecule has 0 saturated carbocycles. The third-order valence-corrected chi connectivity index (χ3v) is 3.01. The molecule has 0 heterocycles. The van der Waals surface area contributed by atoms with Crippen LogP contribution in [0.3, 0.4) is 0 Å². The summed E-state index contributed by atoms with van der Waals surface area (Å²) in [6.45, 7) is 12.6. The van der Waals surface area contributed by atoms with Crippen molar-refractivity contribution in [3.63, 3.8) is 0 Å². The molecular formula is C13H29N3O. The smallest absolute Gasteiger partial charge is 0.236 e. The molecule has 0 aromatic heterocycles. The minimum Gasteiger partial charge on any atom is -0.354 e. The molecule has 0 fully saturated rings. The molecule has 0 bridgehead atoms. The van der Waals surface area contributed by atoms with E-state index in [1.807, 2.05) is 6.92 Å². The zero-order valence-electron chi connectivity index (χ0n) is 11.9. The highest BCUT2D eigenvalue weighted by atomic mass is 16.2. The Bertz CT molecular complexity index is 217. The van der Waals surface area contributed by atoms with Crippen LogP contribution in [-0.4, -0.2) is 31.6 Å². The molecule has 0 spiro atoms. The minimum atomic E-state index is -0.151. The van der Waals surface area contributed by atoms with Crippen LogP contribution in [0.4, 0.5) is 0 Å². The summed E-state index contributed by atoms with van der Waals surface area (Å²) in [7, 11) is 0. The summed E-state index contributed by atoms with van der Waals surface area (Å²) < 4.78 is 0. The van der Waals surface area contributed by atoms with Crippen molar-refractivity contribution < 1.29 is 4.79 Å². The van der Waals surface area contributed by atoms with E-state index in [-0.39, 0.29) is 11.9 Å². The first-order valence-electron chi connectivity index (χ1n) is 6.59. The van der Waals surface area contributed by atoms with Gasteiger partial charge in [-0.25, -0.2) is 0 Å². The van der Waals surface area contributed by atoms with E-state index < -0.39 is 0 Å². The Morgan fingerprint density at radius 3 is 2.12 bits per heavy atom. The predicted molar refractivity (Wildman–Crippen MR) is 72.7 cm³/mol. The van der Waals surface area contributed by atoms with E-state index in [9.17, 15) is 4.79 Å². The predicted octanol–water partition coefficient (Wildman–Crippen LogP) is 0.968.